The van der Waals surface area contributed by atoms with E-state index in [-0.39, 0.29) is 33.7 Å². The summed E-state index contributed by atoms with van der Waals surface area (Å²) in [6.07, 6.45) is 4.07. The van der Waals surface area contributed by atoms with E-state index in [0.717, 1.165) is 36.8 Å². The summed E-state index contributed by atoms with van der Waals surface area (Å²) in [5.74, 6) is -0.0781. The molecule has 8 heteroatoms. The molecule has 33 heavy (non-hydrogen) atoms. The maximum Gasteiger partial charge on any atom is 0.269 e. The second-order valence-corrected chi connectivity index (χ2v) is 10.5. The highest BCUT2D eigenvalue weighted by molar-refractivity contribution is 7.90. The minimum Gasteiger partial charge on any atom is -0.383 e. The first-order chi connectivity index (χ1) is 15.8. The van der Waals surface area contributed by atoms with Gasteiger partial charge < -0.3 is 5.73 Å². The van der Waals surface area contributed by atoms with Gasteiger partial charge in [0.2, 0.25) is 0 Å². The molecule has 2 N–H and O–H groups in total. The molecule has 5 rings (SSSR count). The number of aromatic nitrogens is 3. The molecule has 170 valence electrons. The van der Waals surface area contributed by atoms with Crippen molar-refractivity contribution >= 4 is 26.9 Å². The molecule has 0 aliphatic heterocycles. The van der Waals surface area contributed by atoms with Gasteiger partial charge in [-0.15, -0.1) is 0 Å². The van der Waals surface area contributed by atoms with Gasteiger partial charge in [0.05, 0.1) is 15.8 Å². The third kappa shape index (κ3) is 3.49. The number of anilines is 1. The molecule has 2 aromatic heterocycles. The van der Waals surface area contributed by atoms with E-state index in [0.29, 0.717) is 11.1 Å². The van der Waals surface area contributed by atoms with Crippen LogP contribution >= 0.6 is 0 Å². The zero-order valence-electron chi connectivity index (χ0n) is 18.5. The average Bonchev–Trinajstić information content (AvgIpc) is 3.40. The SMILES string of the molecule is Cc1ccc(S(=O)(=O)n2c(C)c(C3CCCC3)c3c(N)nc(-c4ccccc4F)nc32)cc1. The molecule has 1 aliphatic rings. The van der Waals surface area contributed by atoms with Crippen molar-refractivity contribution in [2.24, 2.45) is 0 Å². The quantitative estimate of drug-likeness (QED) is 0.441. The molecule has 0 bridgehead atoms. The van der Waals surface area contributed by atoms with Crippen LogP contribution in [0.25, 0.3) is 22.4 Å². The molecule has 1 fully saturated rings. The Labute approximate surface area is 192 Å². The van der Waals surface area contributed by atoms with Crippen LogP contribution in [0.15, 0.2) is 53.4 Å². The van der Waals surface area contributed by atoms with Gasteiger partial charge >= 0.3 is 0 Å². The molecule has 4 aromatic rings. The molecule has 0 spiro atoms. The molecule has 1 aliphatic carbocycles. The summed E-state index contributed by atoms with van der Waals surface area (Å²) >= 11 is 0. The molecule has 2 heterocycles. The monoisotopic (exact) mass is 464 g/mol. The summed E-state index contributed by atoms with van der Waals surface area (Å²) in [4.78, 5) is 9.15. The number of rotatable bonds is 4. The van der Waals surface area contributed by atoms with Crippen molar-refractivity contribution < 1.29 is 12.8 Å². The highest BCUT2D eigenvalue weighted by atomic mass is 32.2. The smallest absolute Gasteiger partial charge is 0.269 e. The highest BCUT2D eigenvalue weighted by Crippen LogP contribution is 2.43. The number of nitrogens with two attached hydrogens (primary N) is 1. The van der Waals surface area contributed by atoms with Crippen LogP contribution < -0.4 is 5.73 Å². The van der Waals surface area contributed by atoms with E-state index in [2.05, 4.69) is 9.97 Å². The molecule has 2 aromatic carbocycles. The van der Waals surface area contributed by atoms with Crippen LogP contribution in [0.4, 0.5) is 10.2 Å². The van der Waals surface area contributed by atoms with Gasteiger partial charge in [0.1, 0.15) is 11.6 Å². The number of benzene rings is 2. The van der Waals surface area contributed by atoms with Crippen molar-refractivity contribution in [2.45, 2.75) is 50.3 Å². The van der Waals surface area contributed by atoms with E-state index in [9.17, 15) is 12.8 Å². The van der Waals surface area contributed by atoms with Crippen molar-refractivity contribution in [3.63, 3.8) is 0 Å². The summed E-state index contributed by atoms with van der Waals surface area (Å²) in [5.41, 5.74) is 9.22. The zero-order valence-corrected chi connectivity index (χ0v) is 19.4. The standard InChI is InChI=1S/C25H25FN4O2S/c1-15-11-13-18(14-12-15)33(31,32)30-16(2)21(17-7-3-4-8-17)22-23(27)28-24(29-25(22)30)19-9-5-6-10-20(19)26/h5-6,9-14,17H,3-4,7-8H2,1-2H3,(H2,27,28,29). The molecule has 1 saturated carbocycles. The van der Waals surface area contributed by atoms with E-state index >= 15 is 0 Å². The number of nitrogen functional groups attached to an aromatic ring is 1. The van der Waals surface area contributed by atoms with E-state index in [1.807, 2.05) is 6.92 Å². The fourth-order valence-corrected chi connectivity index (χ4v) is 6.42. The maximum atomic E-state index is 14.5. The molecular weight excluding hydrogens is 439 g/mol. The Hall–Kier alpha value is -3.26. The van der Waals surface area contributed by atoms with Gasteiger partial charge in [-0.2, -0.15) is 0 Å². The van der Waals surface area contributed by atoms with Gasteiger partial charge in [0.15, 0.2) is 11.5 Å². The fraction of sp³-hybridized carbons (Fsp3) is 0.280. The predicted octanol–water partition coefficient (Wildman–Crippen LogP) is 5.33. The molecule has 0 atom stereocenters. The van der Waals surface area contributed by atoms with Crippen LogP contribution in [0.5, 0.6) is 0 Å². The first-order valence-electron chi connectivity index (χ1n) is 11.0. The normalized spacial score (nSPS) is 14.9. The minimum absolute atomic E-state index is 0.0638. The Balaban J connectivity index is 1.85. The van der Waals surface area contributed by atoms with Crippen molar-refractivity contribution in [2.75, 3.05) is 5.73 Å². The molecule has 0 radical (unpaired) electrons. The number of aryl methyl sites for hydroxylation is 1. The third-order valence-electron chi connectivity index (χ3n) is 6.51. The van der Waals surface area contributed by atoms with Gasteiger partial charge in [-0.25, -0.2) is 26.7 Å². The van der Waals surface area contributed by atoms with E-state index < -0.39 is 15.8 Å². The molecule has 0 saturated heterocycles. The van der Waals surface area contributed by atoms with Gasteiger partial charge in [0.25, 0.3) is 10.0 Å². The van der Waals surface area contributed by atoms with Crippen molar-refractivity contribution in [1.82, 2.24) is 13.9 Å². The summed E-state index contributed by atoms with van der Waals surface area (Å²) in [6, 6.07) is 12.8. The lowest BCUT2D eigenvalue weighted by Crippen LogP contribution is -2.16. The summed E-state index contributed by atoms with van der Waals surface area (Å²) < 4.78 is 43.4. The Morgan fingerprint density at radius 3 is 2.33 bits per heavy atom. The molecule has 0 unspecified atom stereocenters. The van der Waals surface area contributed by atoms with Crippen LogP contribution in [-0.2, 0) is 10.0 Å². The highest BCUT2D eigenvalue weighted by Gasteiger charge is 2.32. The second-order valence-electron chi connectivity index (χ2n) is 8.67. The largest absolute Gasteiger partial charge is 0.383 e. The van der Waals surface area contributed by atoms with Gasteiger partial charge in [-0.3, -0.25) is 0 Å². The van der Waals surface area contributed by atoms with Crippen LogP contribution in [0.3, 0.4) is 0 Å². The number of halogens is 1. The van der Waals surface area contributed by atoms with Crippen LogP contribution in [0.2, 0.25) is 0 Å². The number of hydrogen-bond donors (Lipinski definition) is 1. The first kappa shape index (κ1) is 21.6. The van der Waals surface area contributed by atoms with Gasteiger partial charge in [-0.1, -0.05) is 42.7 Å². The zero-order chi connectivity index (χ0) is 23.3. The third-order valence-corrected chi connectivity index (χ3v) is 8.31. The van der Waals surface area contributed by atoms with Crippen LogP contribution in [0.1, 0.15) is 48.4 Å². The van der Waals surface area contributed by atoms with Gasteiger partial charge in [0, 0.05) is 5.69 Å². The number of hydrogen-bond acceptors (Lipinski definition) is 5. The lowest BCUT2D eigenvalue weighted by molar-refractivity contribution is 0.587. The number of nitrogens with zero attached hydrogens (tertiary/aromatic N) is 3. The molecule has 0 amide bonds. The lowest BCUT2D eigenvalue weighted by atomic mass is 9.95. The minimum atomic E-state index is -3.97. The molecular formula is C25H25FN4O2S. The van der Waals surface area contributed by atoms with Crippen molar-refractivity contribution in [1.29, 1.82) is 0 Å². The Kier molecular flexibility index (Phi) is 5.20. The average molecular weight is 465 g/mol. The Morgan fingerprint density at radius 2 is 1.67 bits per heavy atom. The van der Waals surface area contributed by atoms with Crippen LogP contribution in [0, 0.1) is 19.7 Å². The number of fused-ring (bicyclic) bond motifs is 1. The summed E-state index contributed by atoms with van der Waals surface area (Å²) in [7, 11) is -3.97. The van der Waals surface area contributed by atoms with Gasteiger partial charge in [-0.05, 0) is 62.4 Å². The van der Waals surface area contributed by atoms with Crippen LogP contribution in [-0.4, -0.2) is 22.4 Å². The fourth-order valence-electron chi connectivity index (χ4n) is 4.91. The molecule has 6 nitrogen and oxygen atoms in total. The summed E-state index contributed by atoms with van der Waals surface area (Å²) in [6.45, 7) is 3.70. The Bertz CT molecular complexity index is 1470. The van der Waals surface area contributed by atoms with Crippen molar-refractivity contribution in [3.05, 3.63) is 71.2 Å². The topological polar surface area (TPSA) is 90.9 Å². The maximum absolute atomic E-state index is 14.5. The first-order valence-corrected chi connectivity index (χ1v) is 12.5. The predicted molar refractivity (Wildman–Crippen MR) is 127 cm³/mol. The summed E-state index contributed by atoms with van der Waals surface area (Å²) in [5, 5.41) is 0.551. The Morgan fingerprint density at radius 1 is 1.00 bits per heavy atom. The van der Waals surface area contributed by atoms with E-state index in [1.54, 1.807) is 49.4 Å². The van der Waals surface area contributed by atoms with E-state index in [4.69, 9.17) is 5.73 Å². The van der Waals surface area contributed by atoms with Crippen molar-refractivity contribution in [3.8, 4) is 11.4 Å². The van der Waals surface area contributed by atoms with E-state index in [1.165, 1.54) is 10.0 Å². The lowest BCUT2D eigenvalue weighted by Gasteiger charge is -2.12. The second kappa shape index (κ2) is 7.95.